The number of aryl methyl sites for hydroxylation is 3. The van der Waals surface area contributed by atoms with Crippen LogP contribution in [0.4, 0.5) is 10.5 Å². The van der Waals surface area contributed by atoms with E-state index in [1.165, 1.54) is 16.7 Å². The molecular formula is C24H30N4O. The Bertz CT molecular complexity index is 987. The highest BCUT2D eigenvalue weighted by Crippen LogP contribution is 2.19. The van der Waals surface area contributed by atoms with Crippen LogP contribution in [0.1, 0.15) is 41.8 Å². The van der Waals surface area contributed by atoms with Crippen molar-refractivity contribution in [1.82, 2.24) is 14.9 Å². The molecule has 0 aliphatic carbocycles. The zero-order valence-corrected chi connectivity index (χ0v) is 17.9. The van der Waals surface area contributed by atoms with Crippen molar-refractivity contribution in [2.45, 2.75) is 47.6 Å². The van der Waals surface area contributed by atoms with Gasteiger partial charge in [-0.25, -0.2) is 9.78 Å². The van der Waals surface area contributed by atoms with Crippen molar-refractivity contribution >= 4 is 11.7 Å². The van der Waals surface area contributed by atoms with Gasteiger partial charge in [-0.15, -0.1) is 0 Å². The fourth-order valence-electron chi connectivity index (χ4n) is 3.42. The maximum Gasteiger partial charge on any atom is 0.319 e. The summed E-state index contributed by atoms with van der Waals surface area (Å²) in [5.74, 6) is 0.632. The number of anilines is 1. The van der Waals surface area contributed by atoms with Gasteiger partial charge in [0.1, 0.15) is 0 Å². The van der Waals surface area contributed by atoms with Gasteiger partial charge in [-0.1, -0.05) is 26.0 Å². The summed E-state index contributed by atoms with van der Waals surface area (Å²) in [6.45, 7) is 11.2. The van der Waals surface area contributed by atoms with Crippen LogP contribution < -0.4 is 10.6 Å². The van der Waals surface area contributed by atoms with Crippen molar-refractivity contribution in [3.8, 4) is 5.69 Å². The topological polar surface area (TPSA) is 59.0 Å². The highest BCUT2D eigenvalue weighted by molar-refractivity contribution is 5.89. The first kappa shape index (κ1) is 20.6. The number of urea groups is 1. The summed E-state index contributed by atoms with van der Waals surface area (Å²) in [5, 5.41) is 5.85. The summed E-state index contributed by atoms with van der Waals surface area (Å²) in [5.41, 5.74) is 7.76. The van der Waals surface area contributed by atoms with Crippen LogP contribution in [0.15, 0.2) is 48.9 Å². The Kier molecular flexibility index (Phi) is 6.37. The van der Waals surface area contributed by atoms with E-state index in [-0.39, 0.29) is 6.03 Å². The van der Waals surface area contributed by atoms with Crippen LogP contribution in [0.5, 0.6) is 0 Å². The average molecular weight is 391 g/mol. The smallest absolute Gasteiger partial charge is 0.319 e. The molecule has 0 saturated carbocycles. The number of hydrogen-bond donors (Lipinski definition) is 2. The summed E-state index contributed by atoms with van der Waals surface area (Å²) in [4.78, 5) is 16.5. The molecule has 1 heterocycles. The van der Waals surface area contributed by atoms with Crippen molar-refractivity contribution in [3.63, 3.8) is 0 Å². The van der Waals surface area contributed by atoms with Crippen LogP contribution in [0.25, 0.3) is 5.69 Å². The van der Waals surface area contributed by atoms with Crippen molar-refractivity contribution in [2.75, 3.05) is 5.32 Å². The van der Waals surface area contributed by atoms with E-state index in [9.17, 15) is 4.79 Å². The lowest BCUT2D eigenvalue weighted by Gasteiger charge is -2.15. The molecule has 0 atom stereocenters. The van der Waals surface area contributed by atoms with E-state index in [0.29, 0.717) is 12.5 Å². The number of benzene rings is 2. The van der Waals surface area contributed by atoms with E-state index in [0.717, 1.165) is 29.1 Å². The van der Waals surface area contributed by atoms with E-state index in [2.05, 4.69) is 55.4 Å². The van der Waals surface area contributed by atoms with Gasteiger partial charge in [0.05, 0.1) is 12.0 Å². The van der Waals surface area contributed by atoms with E-state index in [1.54, 1.807) is 6.33 Å². The summed E-state index contributed by atoms with van der Waals surface area (Å²) in [7, 11) is 0. The Balaban J connectivity index is 1.58. The number of hydrogen-bond acceptors (Lipinski definition) is 2. The molecular weight excluding hydrogens is 360 g/mol. The molecule has 3 aromatic rings. The zero-order valence-electron chi connectivity index (χ0n) is 17.9. The normalized spacial score (nSPS) is 11.0. The molecule has 1 aromatic heterocycles. The maximum absolute atomic E-state index is 12.3. The second kappa shape index (κ2) is 8.95. The molecule has 0 fully saturated rings. The molecule has 0 aliphatic heterocycles. The molecule has 0 radical (unpaired) electrons. The standard InChI is InChI=1S/C24H30N4O/c1-16(2)10-20-11-18(4)21(12-17(20)3)13-25-24(29)27-22-6-8-23(9-7-22)28-14-19(5)26-15-28/h6-9,11-12,14-16H,10,13H2,1-5H3,(H2,25,27,29). The molecule has 29 heavy (non-hydrogen) atoms. The molecule has 2 aromatic carbocycles. The quantitative estimate of drug-likeness (QED) is 0.599. The van der Waals surface area contributed by atoms with Crippen LogP contribution >= 0.6 is 0 Å². The number of carbonyl (C=O) groups excluding carboxylic acids is 1. The first-order chi connectivity index (χ1) is 13.8. The Labute approximate surface area is 173 Å². The Hall–Kier alpha value is -3.08. The Morgan fingerprint density at radius 1 is 1.03 bits per heavy atom. The molecule has 0 bridgehead atoms. The van der Waals surface area contributed by atoms with Gasteiger partial charge in [-0.3, -0.25) is 0 Å². The third-order valence-corrected chi connectivity index (χ3v) is 5.00. The highest BCUT2D eigenvalue weighted by Gasteiger charge is 2.08. The Morgan fingerprint density at radius 3 is 2.31 bits per heavy atom. The first-order valence-corrected chi connectivity index (χ1v) is 10.1. The van der Waals surface area contributed by atoms with Crippen LogP contribution in [0.3, 0.4) is 0 Å². The number of imidazole rings is 1. The van der Waals surface area contributed by atoms with E-state index in [1.807, 2.05) is 42.0 Å². The second-order valence-corrected chi connectivity index (χ2v) is 8.08. The van der Waals surface area contributed by atoms with Gasteiger partial charge in [0.15, 0.2) is 0 Å². The molecule has 5 heteroatoms. The SMILES string of the molecule is Cc1cn(-c2ccc(NC(=O)NCc3cc(C)c(CC(C)C)cc3C)cc2)cn1. The second-order valence-electron chi connectivity index (χ2n) is 8.08. The summed E-state index contributed by atoms with van der Waals surface area (Å²) in [6.07, 6.45) is 4.82. The summed E-state index contributed by atoms with van der Waals surface area (Å²) in [6, 6.07) is 11.9. The summed E-state index contributed by atoms with van der Waals surface area (Å²) < 4.78 is 1.95. The van der Waals surface area contributed by atoms with E-state index < -0.39 is 0 Å². The van der Waals surface area contributed by atoms with Crippen molar-refractivity contribution in [2.24, 2.45) is 5.92 Å². The van der Waals surface area contributed by atoms with Crippen LogP contribution in [-0.4, -0.2) is 15.6 Å². The lowest BCUT2D eigenvalue weighted by atomic mass is 9.94. The molecule has 2 N–H and O–H groups in total. The monoisotopic (exact) mass is 390 g/mol. The minimum atomic E-state index is -0.209. The lowest BCUT2D eigenvalue weighted by molar-refractivity contribution is 0.251. The molecule has 0 spiro atoms. The average Bonchev–Trinajstić information content (AvgIpc) is 3.10. The first-order valence-electron chi connectivity index (χ1n) is 10.1. The molecule has 5 nitrogen and oxygen atoms in total. The third kappa shape index (κ3) is 5.47. The fourth-order valence-corrected chi connectivity index (χ4v) is 3.42. The number of aromatic nitrogens is 2. The van der Waals surface area contributed by atoms with Gasteiger partial charge in [-0.2, -0.15) is 0 Å². The number of carbonyl (C=O) groups is 1. The fraction of sp³-hybridized carbons (Fsp3) is 0.333. The zero-order chi connectivity index (χ0) is 21.0. The number of rotatable bonds is 6. The van der Waals surface area contributed by atoms with Crippen molar-refractivity contribution < 1.29 is 4.79 Å². The van der Waals surface area contributed by atoms with Crippen LogP contribution in [0.2, 0.25) is 0 Å². The van der Waals surface area contributed by atoms with Gasteiger partial charge < -0.3 is 15.2 Å². The van der Waals surface area contributed by atoms with Gasteiger partial charge in [0, 0.05) is 24.1 Å². The molecule has 0 saturated heterocycles. The molecule has 0 unspecified atom stereocenters. The molecule has 0 aliphatic rings. The minimum Gasteiger partial charge on any atom is -0.334 e. The van der Waals surface area contributed by atoms with Crippen molar-refractivity contribution in [3.05, 3.63) is 76.9 Å². The van der Waals surface area contributed by atoms with Gasteiger partial charge >= 0.3 is 6.03 Å². The minimum absolute atomic E-state index is 0.209. The lowest BCUT2D eigenvalue weighted by Crippen LogP contribution is -2.28. The van der Waals surface area contributed by atoms with Crippen LogP contribution in [-0.2, 0) is 13.0 Å². The molecule has 2 amide bonds. The highest BCUT2D eigenvalue weighted by atomic mass is 16.2. The Morgan fingerprint density at radius 2 is 1.69 bits per heavy atom. The number of amides is 2. The van der Waals surface area contributed by atoms with Gasteiger partial charge in [0.2, 0.25) is 0 Å². The van der Waals surface area contributed by atoms with E-state index in [4.69, 9.17) is 0 Å². The van der Waals surface area contributed by atoms with Crippen molar-refractivity contribution in [1.29, 1.82) is 0 Å². The van der Waals surface area contributed by atoms with Gasteiger partial charge in [-0.05, 0) is 79.6 Å². The third-order valence-electron chi connectivity index (χ3n) is 5.00. The van der Waals surface area contributed by atoms with Crippen LogP contribution in [0, 0.1) is 26.7 Å². The predicted octanol–water partition coefficient (Wildman–Crippen LogP) is 5.32. The number of nitrogens with zero attached hydrogens (tertiary/aromatic N) is 2. The maximum atomic E-state index is 12.3. The van der Waals surface area contributed by atoms with Gasteiger partial charge in [0.25, 0.3) is 0 Å². The number of nitrogens with one attached hydrogen (secondary N) is 2. The molecule has 152 valence electrons. The predicted molar refractivity (Wildman–Crippen MR) is 119 cm³/mol. The van der Waals surface area contributed by atoms with E-state index >= 15 is 0 Å². The molecule has 3 rings (SSSR count). The summed E-state index contributed by atoms with van der Waals surface area (Å²) >= 11 is 0. The largest absolute Gasteiger partial charge is 0.334 e.